The summed E-state index contributed by atoms with van der Waals surface area (Å²) in [7, 11) is 0. The van der Waals surface area contributed by atoms with Crippen LogP contribution >= 0.6 is 38.9 Å². The number of thiophene rings is 1. The molecule has 1 aliphatic rings. The van der Waals surface area contributed by atoms with E-state index in [0.29, 0.717) is 3.79 Å². The zero-order chi connectivity index (χ0) is 14.5. The van der Waals surface area contributed by atoms with Gasteiger partial charge < -0.3 is 5.73 Å². The molecule has 0 bridgehead atoms. The normalized spacial score (nSPS) is 20.4. The van der Waals surface area contributed by atoms with Gasteiger partial charge in [0.1, 0.15) is 17.9 Å². The van der Waals surface area contributed by atoms with Gasteiger partial charge in [-0.15, -0.1) is 11.3 Å². The standard InChI is InChI=1S/C11H6BrClF2N4S/c12-6-1-5(13)7(20-6)9-11(14,15)8-4(10(16)19-9)2-17-3-18-8/h1-3,9H,(H2,16,19)/t9-/m1/s1. The molecule has 0 spiro atoms. The van der Waals surface area contributed by atoms with Gasteiger partial charge in [0.25, 0.3) is 0 Å². The number of aromatic nitrogens is 2. The van der Waals surface area contributed by atoms with Crippen molar-refractivity contribution in [1.29, 1.82) is 0 Å². The van der Waals surface area contributed by atoms with Crippen LogP contribution in [0.2, 0.25) is 5.02 Å². The number of halogens is 4. The largest absolute Gasteiger partial charge is 0.383 e. The Bertz CT molecular complexity index is 718. The van der Waals surface area contributed by atoms with Crippen LogP contribution in [-0.2, 0) is 5.92 Å². The van der Waals surface area contributed by atoms with Crippen LogP contribution < -0.4 is 5.73 Å². The lowest BCUT2D eigenvalue weighted by atomic mass is 9.97. The van der Waals surface area contributed by atoms with E-state index >= 15 is 0 Å². The number of hydrogen-bond donors (Lipinski definition) is 1. The second-order valence-corrected chi connectivity index (χ2v) is 6.96. The van der Waals surface area contributed by atoms with Crippen LogP contribution in [0.5, 0.6) is 0 Å². The second-order valence-electron chi connectivity index (χ2n) is 4.09. The molecule has 0 aliphatic carbocycles. The number of amidine groups is 1. The summed E-state index contributed by atoms with van der Waals surface area (Å²) in [5.74, 6) is -3.31. The SMILES string of the molecule is NC1=N[C@H](c2sc(Br)cc2Cl)C(F)(F)c2ncncc21. The van der Waals surface area contributed by atoms with Crippen molar-refractivity contribution in [3.63, 3.8) is 0 Å². The highest BCUT2D eigenvalue weighted by molar-refractivity contribution is 9.11. The Kier molecular flexibility index (Phi) is 3.26. The summed E-state index contributed by atoms with van der Waals surface area (Å²) in [6.07, 6.45) is 2.30. The Morgan fingerprint density at radius 1 is 1.45 bits per heavy atom. The van der Waals surface area contributed by atoms with Gasteiger partial charge in [-0.05, 0) is 22.0 Å². The van der Waals surface area contributed by atoms with Gasteiger partial charge in [0.15, 0.2) is 6.04 Å². The van der Waals surface area contributed by atoms with Crippen molar-refractivity contribution in [1.82, 2.24) is 9.97 Å². The lowest BCUT2D eigenvalue weighted by Crippen LogP contribution is -2.34. The maximum absolute atomic E-state index is 14.6. The summed E-state index contributed by atoms with van der Waals surface area (Å²) in [6.45, 7) is 0. The molecular formula is C11H6BrClF2N4S. The molecule has 0 amide bonds. The molecule has 1 aliphatic heterocycles. The molecular weight excluding hydrogens is 374 g/mol. The molecule has 3 heterocycles. The summed E-state index contributed by atoms with van der Waals surface area (Å²) in [6, 6.07) is 0.0763. The molecule has 0 saturated heterocycles. The van der Waals surface area contributed by atoms with E-state index < -0.39 is 17.7 Å². The van der Waals surface area contributed by atoms with Crippen molar-refractivity contribution in [2.75, 3.05) is 0 Å². The van der Waals surface area contributed by atoms with Gasteiger partial charge in [-0.2, -0.15) is 8.78 Å². The van der Waals surface area contributed by atoms with Gasteiger partial charge in [0.05, 0.1) is 19.2 Å². The predicted molar refractivity (Wildman–Crippen MR) is 76.4 cm³/mol. The van der Waals surface area contributed by atoms with E-state index in [2.05, 4.69) is 30.9 Å². The number of rotatable bonds is 1. The summed E-state index contributed by atoms with van der Waals surface area (Å²) < 4.78 is 29.8. The minimum absolute atomic E-state index is 0.0166. The zero-order valence-electron chi connectivity index (χ0n) is 9.65. The van der Waals surface area contributed by atoms with Crippen LogP contribution in [0.15, 0.2) is 27.4 Å². The second kappa shape index (κ2) is 4.71. The van der Waals surface area contributed by atoms with Crippen LogP contribution in [0.1, 0.15) is 22.2 Å². The van der Waals surface area contributed by atoms with Crippen LogP contribution in [0.4, 0.5) is 8.78 Å². The molecule has 0 unspecified atom stereocenters. The Balaban J connectivity index is 2.20. The number of nitrogens with zero attached hydrogens (tertiary/aromatic N) is 3. The predicted octanol–water partition coefficient (Wildman–Crippen LogP) is 3.51. The van der Waals surface area contributed by atoms with Gasteiger partial charge >= 0.3 is 5.92 Å². The smallest absolute Gasteiger partial charge is 0.317 e. The molecule has 9 heteroatoms. The quantitative estimate of drug-likeness (QED) is 0.825. The van der Waals surface area contributed by atoms with Crippen molar-refractivity contribution in [2.24, 2.45) is 10.7 Å². The topological polar surface area (TPSA) is 64.2 Å². The van der Waals surface area contributed by atoms with Crippen LogP contribution in [0, 0.1) is 0 Å². The highest BCUT2D eigenvalue weighted by atomic mass is 79.9. The van der Waals surface area contributed by atoms with Gasteiger partial charge in [0, 0.05) is 6.20 Å². The van der Waals surface area contributed by atoms with E-state index in [1.165, 1.54) is 6.20 Å². The third kappa shape index (κ3) is 2.02. The van der Waals surface area contributed by atoms with Crippen LogP contribution in [0.3, 0.4) is 0 Å². The fraction of sp³-hybridized carbons (Fsp3) is 0.182. The Hall–Kier alpha value is -1.12. The number of alkyl halides is 2. The monoisotopic (exact) mass is 378 g/mol. The lowest BCUT2D eigenvalue weighted by molar-refractivity contribution is -0.0370. The maximum atomic E-state index is 14.6. The van der Waals surface area contributed by atoms with Gasteiger partial charge in [-0.25, -0.2) is 9.97 Å². The van der Waals surface area contributed by atoms with Crippen molar-refractivity contribution >= 4 is 44.7 Å². The molecule has 20 heavy (non-hydrogen) atoms. The van der Waals surface area contributed by atoms with Crippen LogP contribution in [0.25, 0.3) is 0 Å². The minimum Gasteiger partial charge on any atom is -0.383 e. The van der Waals surface area contributed by atoms with Crippen molar-refractivity contribution in [2.45, 2.75) is 12.0 Å². The van der Waals surface area contributed by atoms with E-state index in [1.54, 1.807) is 6.07 Å². The van der Waals surface area contributed by atoms with E-state index in [9.17, 15) is 8.78 Å². The Labute approximate surface area is 129 Å². The molecule has 3 rings (SSSR count). The van der Waals surface area contributed by atoms with E-state index in [-0.39, 0.29) is 21.3 Å². The van der Waals surface area contributed by atoms with Crippen molar-refractivity contribution < 1.29 is 8.78 Å². The first-order valence-corrected chi connectivity index (χ1v) is 7.36. The van der Waals surface area contributed by atoms with Gasteiger partial charge in [-0.1, -0.05) is 11.6 Å². The maximum Gasteiger partial charge on any atom is 0.317 e. The minimum atomic E-state index is -3.30. The first-order chi connectivity index (χ1) is 9.41. The van der Waals surface area contributed by atoms with Crippen molar-refractivity contribution in [3.05, 3.63) is 43.5 Å². The average molecular weight is 380 g/mol. The first kappa shape index (κ1) is 13.8. The highest BCUT2D eigenvalue weighted by Gasteiger charge is 2.50. The fourth-order valence-electron chi connectivity index (χ4n) is 1.97. The summed E-state index contributed by atoms with van der Waals surface area (Å²) in [4.78, 5) is 11.5. The third-order valence-electron chi connectivity index (χ3n) is 2.85. The first-order valence-electron chi connectivity index (χ1n) is 5.38. The molecule has 2 N–H and O–H groups in total. The number of aliphatic imine (C=N–C) groups is 1. The summed E-state index contributed by atoms with van der Waals surface area (Å²) >= 11 is 10.3. The molecule has 4 nitrogen and oxygen atoms in total. The molecule has 0 saturated carbocycles. The zero-order valence-corrected chi connectivity index (χ0v) is 12.8. The molecule has 0 aromatic carbocycles. The Morgan fingerprint density at radius 3 is 2.85 bits per heavy atom. The number of hydrogen-bond acceptors (Lipinski definition) is 5. The average Bonchev–Trinajstić information content (AvgIpc) is 2.73. The Morgan fingerprint density at radius 2 is 2.20 bits per heavy atom. The van der Waals surface area contributed by atoms with Crippen molar-refractivity contribution in [3.8, 4) is 0 Å². The molecule has 0 radical (unpaired) electrons. The molecule has 2 aromatic rings. The summed E-state index contributed by atoms with van der Waals surface area (Å²) in [5.41, 5.74) is 5.37. The van der Waals surface area contributed by atoms with E-state index in [1.807, 2.05) is 0 Å². The summed E-state index contributed by atoms with van der Waals surface area (Å²) in [5, 5.41) is 0.223. The van der Waals surface area contributed by atoms with E-state index in [4.69, 9.17) is 17.3 Å². The van der Waals surface area contributed by atoms with E-state index in [0.717, 1.165) is 17.7 Å². The van der Waals surface area contributed by atoms with Gasteiger partial charge in [-0.3, -0.25) is 4.99 Å². The fourth-order valence-corrected chi connectivity index (χ4v) is 4.10. The molecule has 0 fully saturated rings. The number of nitrogens with two attached hydrogens (primary N) is 1. The van der Waals surface area contributed by atoms with Gasteiger partial charge in [0.2, 0.25) is 0 Å². The molecule has 1 atom stereocenters. The molecule has 104 valence electrons. The van der Waals surface area contributed by atoms with Crippen LogP contribution in [-0.4, -0.2) is 15.8 Å². The highest BCUT2D eigenvalue weighted by Crippen LogP contribution is 2.50. The third-order valence-corrected chi connectivity index (χ3v) is 4.96. The molecule has 2 aromatic heterocycles. The number of fused-ring (bicyclic) bond motifs is 1. The lowest BCUT2D eigenvalue weighted by Gasteiger charge is -2.28.